The van der Waals surface area contributed by atoms with Crippen molar-refractivity contribution in [2.24, 2.45) is 0 Å². The van der Waals surface area contributed by atoms with E-state index in [1.165, 1.54) is 24.3 Å². The quantitative estimate of drug-likeness (QED) is 0.0780. The van der Waals surface area contributed by atoms with Gasteiger partial charge in [0.05, 0.1) is 36.4 Å². The Balaban J connectivity index is 1.73. The lowest BCUT2D eigenvalue weighted by atomic mass is 9.86. The summed E-state index contributed by atoms with van der Waals surface area (Å²) in [4.78, 5) is 6.59. The first kappa shape index (κ1) is 33.6. The van der Waals surface area contributed by atoms with E-state index in [-0.39, 0.29) is 67.8 Å². The fourth-order valence-electron chi connectivity index (χ4n) is 7.12. The summed E-state index contributed by atoms with van der Waals surface area (Å²) in [5.74, 6) is -22.6. The van der Waals surface area contributed by atoms with E-state index in [0.29, 0.717) is 0 Å². The van der Waals surface area contributed by atoms with Crippen molar-refractivity contribution in [3.05, 3.63) is 150 Å². The second-order valence-corrected chi connectivity index (χ2v) is 11.5. The van der Waals surface area contributed by atoms with Crippen molar-refractivity contribution in [2.75, 3.05) is 0 Å². The number of halogens is 10. The topological polar surface area (TPSA) is 56.3 Å². The van der Waals surface area contributed by atoms with Gasteiger partial charge in [0.1, 0.15) is 0 Å². The lowest BCUT2D eigenvalue weighted by Gasteiger charge is -2.18. The molecule has 0 amide bonds. The zero-order valence-electron chi connectivity index (χ0n) is 25.4. The van der Waals surface area contributed by atoms with Crippen LogP contribution in [0.2, 0.25) is 0 Å². The third-order valence-corrected chi connectivity index (χ3v) is 9.11. The van der Waals surface area contributed by atoms with E-state index in [2.05, 4.69) is 9.69 Å². The molecule has 2 aliphatic carbocycles. The van der Waals surface area contributed by atoms with Gasteiger partial charge in [-0.3, -0.25) is 0 Å². The molecule has 0 radical (unpaired) electrons. The van der Waals surface area contributed by atoms with Gasteiger partial charge in [-0.1, -0.05) is 36.4 Å². The SMILES string of the molecule is [C-]#[N+]/C(C#N)=c1/c2c(/c(=C(\C#N)[N+]#[C-])c3c1-c1c(cccc1-c1c(F)c(F)c(F)c(F)c1F)C3)-c1c(cccc1-c1c(F)c(F)c(F)c(F)c1F)C2. The number of fused-ring (bicyclic) bond motifs is 6. The van der Waals surface area contributed by atoms with Crippen molar-refractivity contribution >= 4 is 11.4 Å². The molecule has 0 atom stereocenters. The molecule has 0 N–H and O–H groups in total. The van der Waals surface area contributed by atoms with Crippen LogP contribution in [0, 0.1) is 94.0 Å². The van der Waals surface area contributed by atoms with Crippen molar-refractivity contribution in [1.29, 1.82) is 10.5 Å². The number of hydrogen-bond donors (Lipinski definition) is 0. The Morgan fingerprint density at radius 3 is 1.06 bits per heavy atom. The van der Waals surface area contributed by atoms with Crippen LogP contribution in [0.4, 0.5) is 43.9 Å². The second kappa shape index (κ2) is 11.9. The summed E-state index contributed by atoms with van der Waals surface area (Å²) in [5, 5.41) is 19.8. The molecule has 0 aliphatic heterocycles. The first-order valence-electron chi connectivity index (χ1n) is 14.6. The molecule has 252 valence electrons. The molecule has 7 rings (SSSR count). The van der Waals surface area contributed by atoms with Crippen LogP contribution < -0.4 is 10.4 Å². The zero-order chi connectivity index (χ0) is 37.5. The van der Waals surface area contributed by atoms with E-state index in [4.69, 9.17) is 13.1 Å². The first-order valence-corrected chi connectivity index (χ1v) is 14.6. The molecule has 5 aromatic rings. The number of hydrogen-bond acceptors (Lipinski definition) is 2. The molecule has 0 fully saturated rings. The molecule has 0 unspecified atom stereocenters. The highest BCUT2D eigenvalue weighted by Gasteiger charge is 2.37. The van der Waals surface area contributed by atoms with Gasteiger partial charge in [-0.25, -0.2) is 64.1 Å². The van der Waals surface area contributed by atoms with Crippen molar-refractivity contribution in [1.82, 2.24) is 0 Å². The minimum atomic E-state index is -2.42. The molecule has 0 spiro atoms. The lowest BCUT2D eigenvalue weighted by molar-refractivity contribution is 0.381. The number of rotatable bonds is 2. The van der Waals surface area contributed by atoms with Crippen LogP contribution in [0.15, 0.2) is 36.4 Å². The van der Waals surface area contributed by atoms with Crippen LogP contribution >= 0.6 is 0 Å². The minimum absolute atomic E-state index is 0.0518. The van der Waals surface area contributed by atoms with Crippen LogP contribution in [0.1, 0.15) is 22.3 Å². The van der Waals surface area contributed by atoms with E-state index >= 15 is 17.6 Å². The standard InChI is InChI=1S/C38H10F10N4/c1-51-19(11-49)23-17-9-13-5-3-8-16(28-31(41)35(45)38(48)36(46)32(28)42)22(13)26(17)24(20(12-50)52-2)18-10-14-6-4-7-15(21(14)25(18)23)27-29(39)33(43)37(47)34(44)30(27)40/h3-8H,9-10H2/b23-19-,24-20+. The maximum absolute atomic E-state index is 15.3. The van der Waals surface area contributed by atoms with Crippen LogP contribution in [0.25, 0.3) is 65.6 Å². The van der Waals surface area contributed by atoms with Crippen LogP contribution in [0.5, 0.6) is 0 Å². The molecule has 14 heteroatoms. The molecule has 0 saturated heterocycles. The van der Waals surface area contributed by atoms with Crippen LogP contribution in [0.3, 0.4) is 0 Å². The maximum atomic E-state index is 15.3. The Morgan fingerprint density at radius 2 is 0.769 bits per heavy atom. The largest absolute Gasteiger partial charge is 0.269 e. The highest BCUT2D eigenvalue weighted by Crippen LogP contribution is 2.48. The smallest absolute Gasteiger partial charge is 0.226 e. The average Bonchev–Trinajstić information content (AvgIpc) is 3.73. The predicted molar refractivity (Wildman–Crippen MR) is 164 cm³/mol. The monoisotopic (exact) mass is 712 g/mol. The fourth-order valence-corrected chi connectivity index (χ4v) is 7.12. The van der Waals surface area contributed by atoms with Crippen molar-refractivity contribution in [3.8, 4) is 56.6 Å². The Bertz CT molecular complexity index is 2570. The lowest BCUT2D eigenvalue weighted by Crippen LogP contribution is -2.26. The van der Waals surface area contributed by atoms with E-state index in [1.807, 2.05) is 0 Å². The normalized spacial score (nSPS) is 13.2. The van der Waals surface area contributed by atoms with Crippen LogP contribution in [-0.2, 0) is 12.8 Å². The van der Waals surface area contributed by atoms with Crippen molar-refractivity contribution in [2.45, 2.75) is 12.8 Å². The van der Waals surface area contributed by atoms with Gasteiger partial charge in [0, 0.05) is 10.4 Å². The zero-order valence-corrected chi connectivity index (χ0v) is 25.4. The van der Waals surface area contributed by atoms with Gasteiger partial charge < -0.3 is 0 Å². The summed E-state index contributed by atoms with van der Waals surface area (Å²) in [7, 11) is 0. The van der Waals surface area contributed by atoms with Crippen molar-refractivity contribution < 1.29 is 43.9 Å². The average molecular weight is 713 g/mol. The summed E-state index contributed by atoms with van der Waals surface area (Å²) in [6, 6.07) is 10.7. The summed E-state index contributed by atoms with van der Waals surface area (Å²) >= 11 is 0. The Kier molecular flexibility index (Phi) is 7.66. The molecule has 52 heavy (non-hydrogen) atoms. The third-order valence-electron chi connectivity index (χ3n) is 9.11. The predicted octanol–water partition coefficient (Wildman–Crippen LogP) is 8.66. The Labute approximate surface area is 285 Å². The van der Waals surface area contributed by atoms with Gasteiger partial charge in [0.2, 0.25) is 11.6 Å². The third kappa shape index (κ3) is 4.31. The summed E-state index contributed by atoms with van der Waals surface area (Å²) in [6.45, 7) is 15.6. The fraction of sp³-hybridized carbons (Fsp3) is 0.0526. The number of benzene rings is 5. The van der Waals surface area contributed by atoms with Gasteiger partial charge in [0.25, 0.3) is 11.4 Å². The summed E-state index contributed by atoms with van der Waals surface area (Å²) < 4.78 is 148. The number of nitrogens with zero attached hydrogens (tertiary/aromatic N) is 4. The van der Waals surface area contributed by atoms with Gasteiger partial charge in [0.15, 0.2) is 46.5 Å². The molecule has 4 nitrogen and oxygen atoms in total. The molecule has 0 saturated carbocycles. The summed E-state index contributed by atoms with van der Waals surface area (Å²) in [6.07, 6.45) is -0.665. The van der Waals surface area contributed by atoms with E-state index in [1.54, 1.807) is 12.1 Å². The van der Waals surface area contributed by atoms with E-state index < -0.39 is 91.8 Å². The molecule has 0 aromatic heterocycles. The molecule has 0 heterocycles. The molecule has 2 aliphatic rings. The molecule has 0 bridgehead atoms. The highest BCUT2D eigenvalue weighted by molar-refractivity contribution is 6.00. The Hall–Kier alpha value is -6.90. The second-order valence-electron chi connectivity index (χ2n) is 11.5. The van der Waals surface area contributed by atoms with Crippen LogP contribution in [-0.4, -0.2) is 0 Å². The van der Waals surface area contributed by atoms with Gasteiger partial charge >= 0.3 is 0 Å². The van der Waals surface area contributed by atoms with Gasteiger partial charge in [-0.05, 0) is 68.5 Å². The van der Waals surface area contributed by atoms with E-state index in [0.717, 1.165) is 12.1 Å². The molecular formula is C38H10F10N4. The highest BCUT2D eigenvalue weighted by atomic mass is 19.2. The number of nitriles is 2. The van der Waals surface area contributed by atoms with E-state index in [9.17, 15) is 36.9 Å². The first-order chi connectivity index (χ1) is 24.8. The minimum Gasteiger partial charge on any atom is -0.226 e. The van der Waals surface area contributed by atoms with Gasteiger partial charge in [-0.15, -0.1) is 0 Å². The summed E-state index contributed by atoms with van der Waals surface area (Å²) in [5.41, 5.74) is -5.72. The maximum Gasteiger partial charge on any atom is 0.269 e. The molecule has 5 aromatic carbocycles. The van der Waals surface area contributed by atoms with Crippen molar-refractivity contribution in [3.63, 3.8) is 0 Å². The molecular weight excluding hydrogens is 702 g/mol. The van der Waals surface area contributed by atoms with Gasteiger partial charge in [-0.2, -0.15) is 0 Å². The Morgan fingerprint density at radius 1 is 0.462 bits per heavy atom.